The van der Waals surface area contributed by atoms with Crippen molar-refractivity contribution in [3.8, 4) is 5.75 Å². The lowest BCUT2D eigenvalue weighted by Crippen LogP contribution is -2.51. The number of hydrogen-bond donors (Lipinski definition) is 1. The quantitative estimate of drug-likeness (QED) is 0.339. The molecule has 0 fully saturated rings. The maximum Gasteiger partial charge on any atom is 0.264 e. The van der Waals surface area contributed by atoms with E-state index in [9.17, 15) is 18.0 Å². The number of carbonyl (C=O) groups excluding carboxylic acids is 2. The van der Waals surface area contributed by atoms with Crippen molar-refractivity contribution in [3.05, 3.63) is 89.4 Å². The zero-order valence-corrected chi connectivity index (χ0v) is 24.1. The summed E-state index contributed by atoms with van der Waals surface area (Å²) >= 11 is 6.39. The Labute approximate surface area is 235 Å². The van der Waals surface area contributed by atoms with Crippen LogP contribution in [0.2, 0.25) is 5.02 Å². The van der Waals surface area contributed by atoms with Crippen LogP contribution in [0.15, 0.2) is 83.8 Å². The van der Waals surface area contributed by atoms with Gasteiger partial charge in [-0.15, -0.1) is 0 Å². The highest BCUT2D eigenvalue weighted by atomic mass is 35.5. The van der Waals surface area contributed by atoms with E-state index >= 15 is 0 Å². The number of nitrogens with zero attached hydrogens (tertiary/aromatic N) is 2. The Kier molecular flexibility index (Phi) is 10.4. The SMILES string of the molecule is COc1ccc(N(CC(=O)N(Cc2ccccc2Cl)[C@H](C)C(=O)NCC(C)C)S(=O)(=O)c2ccccc2)cc1. The topological polar surface area (TPSA) is 96.0 Å². The molecule has 0 unspecified atom stereocenters. The van der Waals surface area contributed by atoms with Crippen molar-refractivity contribution >= 4 is 39.1 Å². The van der Waals surface area contributed by atoms with Gasteiger partial charge in [-0.05, 0) is 60.9 Å². The molecule has 8 nitrogen and oxygen atoms in total. The predicted molar refractivity (Wildman–Crippen MR) is 153 cm³/mol. The highest BCUT2D eigenvalue weighted by molar-refractivity contribution is 7.92. The van der Waals surface area contributed by atoms with Crippen molar-refractivity contribution < 1.29 is 22.7 Å². The summed E-state index contributed by atoms with van der Waals surface area (Å²) in [5.74, 6) is -0.142. The first-order valence-corrected chi connectivity index (χ1v) is 14.4. The van der Waals surface area contributed by atoms with Gasteiger partial charge < -0.3 is 15.0 Å². The number of amides is 2. The Balaban J connectivity index is 2.01. The van der Waals surface area contributed by atoms with Crippen molar-refractivity contribution in [2.75, 3.05) is 24.5 Å². The van der Waals surface area contributed by atoms with Gasteiger partial charge in [0.05, 0.1) is 17.7 Å². The number of sulfonamides is 1. The molecule has 39 heavy (non-hydrogen) atoms. The molecular weight excluding hydrogens is 538 g/mol. The molecule has 1 atom stereocenters. The van der Waals surface area contributed by atoms with Gasteiger partial charge in [0.25, 0.3) is 10.0 Å². The molecule has 0 saturated carbocycles. The zero-order chi connectivity index (χ0) is 28.6. The fourth-order valence-corrected chi connectivity index (χ4v) is 5.47. The molecule has 2 amide bonds. The van der Waals surface area contributed by atoms with Gasteiger partial charge in [-0.2, -0.15) is 0 Å². The number of halogens is 1. The first-order chi connectivity index (χ1) is 18.5. The average molecular weight is 572 g/mol. The first-order valence-electron chi connectivity index (χ1n) is 12.6. The van der Waals surface area contributed by atoms with Crippen LogP contribution in [0.25, 0.3) is 0 Å². The number of benzene rings is 3. The number of nitrogens with one attached hydrogen (secondary N) is 1. The molecule has 3 rings (SSSR count). The van der Waals surface area contributed by atoms with Gasteiger partial charge in [0.15, 0.2) is 0 Å². The second-order valence-electron chi connectivity index (χ2n) is 9.45. The monoisotopic (exact) mass is 571 g/mol. The Hall–Kier alpha value is -3.56. The number of carbonyl (C=O) groups is 2. The molecule has 0 spiro atoms. The highest BCUT2D eigenvalue weighted by Gasteiger charge is 2.32. The van der Waals surface area contributed by atoms with Crippen LogP contribution in [0.5, 0.6) is 5.75 Å². The lowest BCUT2D eigenvalue weighted by atomic mass is 10.1. The molecule has 0 aliphatic heterocycles. The summed E-state index contributed by atoms with van der Waals surface area (Å²) in [5, 5.41) is 3.30. The van der Waals surface area contributed by atoms with E-state index < -0.39 is 28.5 Å². The summed E-state index contributed by atoms with van der Waals surface area (Å²) in [6, 6.07) is 20.4. The van der Waals surface area contributed by atoms with E-state index in [0.29, 0.717) is 22.9 Å². The Morgan fingerprint density at radius 2 is 1.54 bits per heavy atom. The molecule has 0 bridgehead atoms. The van der Waals surface area contributed by atoms with Gasteiger partial charge in [-0.1, -0.05) is 61.8 Å². The number of anilines is 1. The Morgan fingerprint density at radius 3 is 2.13 bits per heavy atom. The minimum Gasteiger partial charge on any atom is -0.497 e. The molecule has 208 valence electrons. The normalized spacial score (nSPS) is 12.1. The predicted octanol–water partition coefficient (Wildman–Crippen LogP) is 4.73. The van der Waals surface area contributed by atoms with Crippen LogP contribution in [0.4, 0.5) is 5.69 Å². The van der Waals surface area contributed by atoms with Crippen LogP contribution >= 0.6 is 11.6 Å². The Bertz CT molecular complexity index is 1370. The van der Waals surface area contributed by atoms with Gasteiger partial charge in [-0.25, -0.2) is 8.42 Å². The minimum absolute atomic E-state index is 0.0244. The molecule has 10 heteroatoms. The summed E-state index contributed by atoms with van der Waals surface area (Å²) < 4.78 is 33.8. The number of hydrogen-bond acceptors (Lipinski definition) is 5. The standard InChI is InChI=1S/C29H34ClN3O5S/c1-21(2)18-31-29(35)22(3)32(19-23-10-8-9-13-27(23)30)28(34)20-33(24-14-16-25(38-4)17-15-24)39(36,37)26-11-6-5-7-12-26/h5-17,21-22H,18-20H2,1-4H3,(H,31,35)/t22-/m1/s1. The van der Waals surface area contributed by atoms with Gasteiger partial charge in [0.2, 0.25) is 11.8 Å². The van der Waals surface area contributed by atoms with Gasteiger partial charge in [0, 0.05) is 18.1 Å². The first kappa shape index (κ1) is 30.0. The zero-order valence-electron chi connectivity index (χ0n) is 22.5. The maximum absolute atomic E-state index is 13.9. The molecule has 3 aromatic carbocycles. The van der Waals surface area contributed by atoms with Crippen LogP contribution in [-0.4, -0.2) is 51.4 Å². The van der Waals surface area contributed by atoms with Gasteiger partial charge >= 0.3 is 0 Å². The third-order valence-corrected chi connectivity index (χ3v) is 8.28. The third-order valence-electron chi connectivity index (χ3n) is 6.12. The lowest BCUT2D eigenvalue weighted by Gasteiger charge is -2.32. The van der Waals surface area contributed by atoms with Crippen LogP contribution in [0.3, 0.4) is 0 Å². The molecule has 0 aromatic heterocycles. The second-order valence-corrected chi connectivity index (χ2v) is 11.7. The number of rotatable bonds is 12. The van der Waals surface area contributed by atoms with Crippen molar-refractivity contribution in [1.82, 2.24) is 10.2 Å². The van der Waals surface area contributed by atoms with Crippen molar-refractivity contribution in [2.24, 2.45) is 5.92 Å². The van der Waals surface area contributed by atoms with Crippen molar-refractivity contribution in [1.29, 1.82) is 0 Å². The summed E-state index contributed by atoms with van der Waals surface area (Å²) in [7, 11) is -2.62. The number of methoxy groups -OCH3 is 1. The molecule has 1 N–H and O–H groups in total. The van der Waals surface area contributed by atoms with E-state index in [1.165, 1.54) is 24.1 Å². The maximum atomic E-state index is 13.9. The molecule has 0 heterocycles. The summed E-state index contributed by atoms with van der Waals surface area (Å²) in [6.07, 6.45) is 0. The third kappa shape index (κ3) is 7.74. The smallest absolute Gasteiger partial charge is 0.264 e. The highest BCUT2D eigenvalue weighted by Crippen LogP contribution is 2.27. The van der Waals surface area contributed by atoms with Gasteiger partial charge in [0.1, 0.15) is 18.3 Å². The summed E-state index contributed by atoms with van der Waals surface area (Å²) in [4.78, 5) is 28.3. The van der Waals surface area contributed by atoms with Gasteiger partial charge in [-0.3, -0.25) is 13.9 Å². The van der Waals surface area contributed by atoms with E-state index in [-0.39, 0.29) is 29.0 Å². The van der Waals surface area contributed by atoms with Crippen LogP contribution < -0.4 is 14.4 Å². The average Bonchev–Trinajstić information content (AvgIpc) is 2.94. The Morgan fingerprint density at radius 1 is 0.923 bits per heavy atom. The van der Waals surface area contributed by atoms with E-state index in [1.807, 2.05) is 13.8 Å². The fraction of sp³-hybridized carbons (Fsp3) is 0.310. The largest absolute Gasteiger partial charge is 0.497 e. The van der Waals surface area contributed by atoms with Crippen LogP contribution in [0, 0.1) is 5.92 Å². The molecule has 0 aliphatic rings. The molecule has 0 saturated heterocycles. The lowest BCUT2D eigenvalue weighted by molar-refractivity contribution is -0.139. The molecule has 3 aromatic rings. The van der Waals surface area contributed by atoms with E-state index in [2.05, 4.69) is 5.32 Å². The second kappa shape index (κ2) is 13.5. The van der Waals surface area contributed by atoms with Crippen LogP contribution in [-0.2, 0) is 26.2 Å². The van der Waals surface area contributed by atoms with E-state index in [4.69, 9.17) is 16.3 Å². The minimum atomic E-state index is -4.13. The fourth-order valence-electron chi connectivity index (χ4n) is 3.84. The summed E-state index contributed by atoms with van der Waals surface area (Å²) in [6.45, 7) is 5.50. The molecule has 0 radical (unpaired) electrons. The summed E-state index contributed by atoms with van der Waals surface area (Å²) in [5.41, 5.74) is 0.917. The van der Waals surface area contributed by atoms with Crippen molar-refractivity contribution in [2.45, 2.75) is 38.3 Å². The van der Waals surface area contributed by atoms with Crippen LogP contribution in [0.1, 0.15) is 26.3 Å². The van der Waals surface area contributed by atoms with Crippen molar-refractivity contribution in [3.63, 3.8) is 0 Å². The molecule has 0 aliphatic carbocycles. The molecular formula is C29H34ClN3O5S. The number of ether oxygens (including phenoxy) is 1. The van der Waals surface area contributed by atoms with E-state index in [0.717, 1.165) is 4.31 Å². The van der Waals surface area contributed by atoms with E-state index in [1.54, 1.807) is 73.7 Å².